The van der Waals surface area contributed by atoms with Crippen molar-refractivity contribution >= 4 is 17.7 Å². The first kappa shape index (κ1) is 14.4. The van der Waals surface area contributed by atoms with E-state index in [2.05, 4.69) is 12.2 Å². The summed E-state index contributed by atoms with van der Waals surface area (Å²) in [5, 5.41) is 11.7. The van der Waals surface area contributed by atoms with Crippen LogP contribution in [0.5, 0.6) is 0 Å². The van der Waals surface area contributed by atoms with Crippen molar-refractivity contribution in [2.24, 2.45) is 5.92 Å². The molecular weight excluding hydrogens is 256 g/mol. The number of anilines is 1. The number of aromatic carboxylic acids is 1. The fourth-order valence-corrected chi connectivity index (χ4v) is 2.50. The molecule has 2 amide bonds. The van der Waals surface area contributed by atoms with Gasteiger partial charge in [0.1, 0.15) is 0 Å². The summed E-state index contributed by atoms with van der Waals surface area (Å²) in [6.07, 6.45) is 2.14. The first-order chi connectivity index (χ1) is 9.47. The van der Waals surface area contributed by atoms with Crippen molar-refractivity contribution in [3.05, 3.63) is 29.8 Å². The number of hydrogen-bond donors (Lipinski definition) is 2. The third kappa shape index (κ3) is 3.29. The molecule has 2 atom stereocenters. The molecule has 0 radical (unpaired) electrons. The predicted molar refractivity (Wildman–Crippen MR) is 77.0 cm³/mol. The van der Waals surface area contributed by atoms with E-state index in [0.717, 1.165) is 19.4 Å². The zero-order valence-electron chi connectivity index (χ0n) is 11.8. The number of carbonyl (C=O) groups excluding carboxylic acids is 1. The van der Waals surface area contributed by atoms with Crippen LogP contribution in [0.2, 0.25) is 0 Å². The maximum absolute atomic E-state index is 12.3. The third-order valence-electron chi connectivity index (χ3n) is 3.74. The summed E-state index contributed by atoms with van der Waals surface area (Å²) < 4.78 is 0. The smallest absolute Gasteiger partial charge is 0.335 e. The zero-order chi connectivity index (χ0) is 14.7. The molecule has 108 valence electrons. The minimum atomic E-state index is -0.999. The van der Waals surface area contributed by atoms with Crippen LogP contribution in [0.25, 0.3) is 0 Å². The molecule has 2 rings (SSSR count). The molecule has 0 bridgehead atoms. The maximum atomic E-state index is 12.3. The van der Waals surface area contributed by atoms with Gasteiger partial charge in [0.2, 0.25) is 0 Å². The molecule has 1 aromatic carbocycles. The van der Waals surface area contributed by atoms with Crippen molar-refractivity contribution in [3.8, 4) is 0 Å². The van der Waals surface area contributed by atoms with Crippen LogP contribution in [0.15, 0.2) is 24.3 Å². The number of rotatable bonds is 2. The van der Waals surface area contributed by atoms with Crippen LogP contribution in [-0.4, -0.2) is 34.6 Å². The Bertz CT molecular complexity index is 516. The van der Waals surface area contributed by atoms with Crippen LogP contribution < -0.4 is 5.32 Å². The molecule has 1 saturated heterocycles. The normalized spacial score (nSPS) is 22.4. The van der Waals surface area contributed by atoms with Gasteiger partial charge in [0.25, 0.3) is 0 Å². The van der Waals surface area contributed by atoms with Crippen LogP contribution in [0.1, 0.15) is 37.0 Å². The highest BCUT2D eigenvalue weighted by Crippen LogP contribution is 2.22. The van der Waals surface area contributed by atoms with Gasteiger partial charge in [-0.05, 0) is 43.9 Å². The van der Waals surface area contributed by atoms with E-state index in [0.29, 0.717) is 11.6 Å². The highest BCUT2D eigenvalue weighted by molar-refractivity contribution is 5.93. The molecule has 5 heteroatoms. The Morgan fingerprint density at radius 3 is 2.75 bits per heavy atom. The Morgan fingerprint density at radius 1 is 1.30 bits per heavy atom. The fourth-order valence-electron chi connectivity index (χ4n) is 2.50. The van der Waals surface area contributed by atoms with E-state index in [4.69, 9.17) is 5.11 Å². The molecule has 0 aliphatic carbocycles. The van der Waals surface area contributed by atoms with Gasteiger partial charge in [-0.3, -0.25) is 0 Å². The van der Waals surface area contributed by atoms with Crippen LogP contribution in [0.4, 0.5) is 10.5 Å². The zero-order valence-corrected chi connectivity index (χ0v) is 11.8. The quantitative estimate of drug-likeness (QED) is 0.872. The number of likely N-dealkylation sites (tertiary alicyclic amines) is 1. The lowest BCUT2D eigenvalue weighted by atomic mass is 9.95. The van der Waals surface area contributed by atoms with Gasteiger partial charge in [-0.15, -0.1) is 0 Å². The lowest BCUT2D eigenvalue weighted by molar-refractivity contribution is 0.0697. The molecule has 0 aromatic heterocycles. The molecule has 5 nitrogen and oxygen atoms in total. The first-order valence-corrected chi connectivity index (χ1v) is 6.88. The molecule has 1 aliphatic heterocycles. The monoisotopic (exact) mass is 276 g/mol. The number of piperidine rings is 1. The van der Waals surface area contributed by atoms with E-state index in [-0.39, 0.29) is 17.6 Å². The molecule has 2 N–H and O–H groups in total. The Morgan fingerprint density at radius 2 is 2.05 bits per heavy atom. The number of carboxylic acid groups (broad SMARTS) is 1. The minimum Gasteiger partial charge on any atom is -0.478 e. The third-order valence-corrected chi connectivity index (χ3v) is 3.74. The predicted octanol–water partition coefficient (Wildman–Crippen LogP) is 3.04. The second-order valence-electron chi connectivity index (χ2n) is 5.50. The Hall–Kier alpha value is -2.04. The Labute approximate surface area is 118 Å². The summed E-state index contributed by atoms with van der Waals surface area (Å²) in [5.74, 6) is -0.497. The van der Waals surface area contributed by atoms with E-state index in [1.54, 1.807) is 12.1 Å². The summed E-state index contributed by atoms with van der Waals surface area (Å²) in [6.45, 7) is 4.92. The molecule has 1 heterocycles. The highest BCUT2D eigenvalue weighted by atomic mass is 16.4. The molecule has 1 fully saturated rings. The number of urea groups is 1. The van der Waals surface area contributed by atoms with Gasteiger partial charge in [0.05, 0.1) is 5.56 Å². The molecular formula is C15H20N2O3. The molecule has 1 aromatic rings. The van der Waals surface area contributed by atoms with E-state index < -0.39 is 5.97 Å². The van der Waals surface area contributed by atoms with E-state index in [9.17, 15) is 9.59 Å². The van der Waals surface area contributed by atoms with Gasteiger partial charge in [-0.1, -0.05) is 13.0 Å². The van der Waals surface area contributed by atoms with Crippen molar-refractivity contribution in [2.75, 3.05) is 11.9 Å². The lowest BCUT2D eigenvalue weighted by Gasteiger charge is -2.36. The molecule has 0 saturated carbocycles. The molecule has 0 spiro atoms. The lowest BCUT2D eigenvalue weighted by Crippen LogP contribution is -2.46. The Kier molecular flexibility index (Phi) is 4.27. The SMILES string of the molecule is CC1CCC(C)N(C(=O)Nc2cccc(C(=O)O)c2)C1. The largest absolute Gasteiger partial charge is 0.478 e. The van der Waals surface area contributed by atoms with Crippen molar-refractivity contribution < 1.29 is 14.7 Å². The van der Waals surface area contributed by atoms with Crippen molar-refractivity contribution in [3.63, 3.8) is 0 Å². The van der Waals surface area contributed by atoms with Crippen LogP contribution in [0.3, 0.4) is 0 Å². The van der Waals surface area contributed by atoms with Crippen molar-refractivity contribution in [1.29, 1.82) is 0 Å². The van der Waals surface area contributed by atoms with Gasteiger partial charge < -0.3 is 15.3 Å². The second kappa shape index (κ2) is 5.94. The van der Waals surface area contributed by atoms with Gasteiger partial charge in [-0.25, -0.2) is 9.59 Å². The first-order valence-electron chi connectivity index (χ1n) is 6.88. The van der Waals surface area contributed by atoms with E-state index in [1.807, 2.05) is 11.8 Å². The summed E-state index contributed by atoms with van der Waals surface area (Å²) in [4.78, 5) is 25.0. The number of amides is 2. The Balaban J connectivity index is 2.07. The summed E-state index contributed by atoms with van der Waals surface area (Å²) in [5.41, 5.74) is 0.684. The van der Waals surface area contributed by atoms with Gasteiger partial charge >= 0.3 is 12.0 Å². The molecule has 2 unspecified atom stereocenters. The standard InChI is InChI=1S/C15H20N2O3/c1-10-6-7-11(2)17(9-10)15(20)16-13-5-3-4-12(8-13)14(18)19/h3-5,8,10-11H,6-7,9H2,1-2H3,(H,16,20)(H,18,19). The van der Waals surface area contributed by atoms with Crippen LogP contribution >= 0.6 is 0 Å². The minimum absolute atomic E-state index is 0.161. The number of benzene rings is 1. The number of carbonyl (C=O) groups is 2. The number of hydrogen-bond acceptors (Lipinski definition) is 2. The topological polar surface area (TPSA) is 69.6 Å². The number of carboxylic acids is 1. The maximum Gasteiger partial charge on any atom is 0.335 e. The number of nitrogens with zero attached hydrogens (tertiary/aromatic N) is 1. The number of nitrogens with one attached hydrogen (secondary N) is 1. The van der Waals surface area contributed by atoms with Crippen molar-refractivity contribution in [2.45, 2.75) is 32.7 Å². The second-order valence-corrected chi connectivity index (χ2v) is 5.50. The summed E-state index contributed by atoms with van der Waals surface area (Å²) in [7, 11) is 0. The fraction of sp³-hybridized carbons (Fsp3) is 0.467. The molecule has 20 heavy (non-hydrogen) atoms. The van der Waals surface area contributed by atoms with Gasteiger partial charge in [0.15, 0.2) is 0 Å². The average molecular weight is 276 g/mol. The van der Waals surface area contributed by atoms with Gasteiger partial charge in [-0.2, -0.15) is 0 Å². The van der Waals surface area contributed by atoms with E-state index in [1.165, 1.54) is 12.1 Å². The highest BCUT2D eigenvalue weighted by Gasteiger charge is 2.26. The van der Waals surface area contributed by atoms with Gasteiger partial charge in [0, 0.05) is 18.3 Å². The van der Waals surface area contributed by atoms with Crippen LogP contribution in [-0.2, 0) is 0 Å². The summed E-state index contributed by atoms with van der Waals surface area (Å²) in [6, 6.07) is 6.35. The average Bonchev–Trinajstić information content (AvgIpc) is 2.41. The van der Waals surface area contributed by atoms with E-state index >= 15 is 0 Å². The molecule has 1 aliphatic rings. The van der Waals surface area contributed by atoms with Crippen LogP contribution in [0, 0.1) is 5.92 Å². The van der Waals surface area contributed by atoms with Crippen molar-refractivity contribution in [1.82, 2.24) is 4.90 Å². The summed E-state index contributed by atoms with van der Waals surface area (Å²) >= 11 is 0.